The Morgan fingerprint density at radius 2 is 1.88 bits per heavy atom. The third-order valence-corrected chi connectivity index (χ3v) is 2.86. The fraction of sp³-hybridized carbons (Fsp3) is 0.923. The van der Waals surface area contributed by atoms with Gasteiger partial charge in [0.15, 0.2) is 0 Å². The van der Waals surface area contributed by atoms with E-state index in [9.17, 15) is 4.79 Å². The average Bonchev–Trinajstić information content (AvgIpc) is 2.27. The number of ether oxygens (including phenoxy) is 1. The van der Waals surface area contributed by atoms with Crippen LogP contribution in [0.5, 0.6) is 0 Å². The van der Waals surface area contributed by atoms with Crippen LogP contribution < -0.4 is 0 Å². The molecule has 4 heteroatoms. The molecule has 0 rings (SSSR count). The van der Waals surface area contributed by atoms with Crippen molar-refractivity contribution in [2.45, 2.75) is 71.8 Å². The summed E-state index contributed by atoms with van der Waals surface area (Å²) >= 11 is 4.33. The van der Waals surface area contributed by atoms with Gasteiger partial charge in [-0.1, -0.05) is 46.5 Å². The maximum absolute atomic E-state index is 11.0. The van der Waals surface area contributed by atoms with Crippen molar-refractivity contribution in [3.8, 4) is 0 Å². The van der Waals surface area contributed by atoms with Gasteiger partial charge >= 0.3 is 6.09 Å². The van der Waals surface area contributed by atoms with Crippen molar-refractivity contribution in [3.05, 3.63) is 0 Å². The van der Waals surface area contributed by atoms with Crippen LogP contribution in [0.1, 0.15) is 65.7 Å². The summed E-state index contributed by atoms with van der Waals surface area (Å²) in [6.07, 6.45) is 7.32. The Balaban J connectivity index is 3.84. The number of amides is 1. The predicted molar refractivity (Wildman–Crippen MR) is 72.9 cm³/mol. The summed E-state index contributed by atoms with van der Waals surface area (Å²) in [6.45, 7) is 6.46. The van der Waals surface area contributed by atoms with E-state index in [1.54, 1.807) is 0 Å². The first-order valence-corrected chi connectivity index (χ1v) is 7.00. The second-order valence-corrected chi connectivity index (χ2v) is 5.11. The van der Waals surface area contributed by atoms with E-state index in [1.807, 2.05) is 0 Å². The van der Waals surface area contributed by atoms with Gasteiger partial charge < -0.3 is 4.74 Å². The summed E-state index contributed by atoms with van der Waals surface area (Å²) in [6, 6.07) is 0. The highest BCUT2D eigenvalue weighted by Crippen LogP contribution is 2.16. The van der Waals surface area contributed by atoms with Gasteiger partial charge in [0.05, 0.1) is 0 Å². The summed E-state index contributed by atoms with van der Waals surface area (Å²) in [5, 5.41) is 0. The van der Waals surface area contributed by atoms with Crippen molar-refractivity contribution in [3.63, 3.8) is 0 Å². The topological polar surface area (TPSA) is 38.7 Å². The zero-order valence-electron chi connectivity index (χ0n) is 11.3. The fourth-order valence-corrected chi connectivity index (χ4v) is 1.93. The van der Waals surface area contributed by atoms with Crippen LogP contribution in [0.2, 0.25) is 0 Å². The van der Waals surface area contributed by atoms with E-state index >= 15 is 0 Å². The SMILES string of the molecule is CCCCCCCC(CC(C)C)OC(=O)N=S. The van der Waals surface area contributed by atoms with Crippen LogP contribution in [-0.4, -0.2) is 12.2 Å². The monoisotopic (exact) mass is 259 g/mol. The highest BCUT2D eigenvalue weighted by Gasteiger charge is 2.15. The van der Waals surface area contributed by atoms with Gasteiger partial charge in [0.1, 0.15) is 6.10 Å². The lowest BCUT2D eigenvalue weighted by Crippen LogP contribution is -2.18. The number of hydrogen-bond acceptors (Lipinski definition) is 3. The standard InChI is InChI=1S/C13H25NO2S/c1-4-5-6-7-8-9-12(10-11(2)3)16-13(15)14-17/h11-12H,4-10H2,1-3H3. The van der Waals surface area contributed by atoms with Crippen LogP contribution in [-0.2, 0) is 17.2 Å². The third-order valence-electron chi connectivity index (χ3n) is 2.71. The van der Waals surface area contributed by atoms with Crippen LogP contribution in [0, 0.1) is 5.92 Å². The number of rotatable bonds is 9. The highest BCUT2D eigenvalue weighted by molar-refractivity contribution is 7.47. The molecule has 0 aromatic rings. The molecule has 17 heavy (non-hydrogen) atoms. The Hall–Kier alpha value is -0.510. The molecule has 100 valence electrons. The number of carbonyl (C=O) groups excluding carboxylic acids is 1. The molecule has 0 aliphatic rings. The Morgan fingerprint density at radius 3 is 2.41 bits per heavy atom. The third kappa shape index (κ3) is 10.4. The fourth-order valence-electron chi connectivity index (χ4n) is 1.89. The number of hydrogen-bond donors (Lipinski definition) is 0. The lowest BCUT2D eigenvalue weighted by Gasteiger charge is -2.18. The molecule has 0 spiro atoms. The molecule has 3 nitrogen and oxygen atoms in total. The first-order chi connectivity index (χ1) is 8.10. The molecule has 0 N–H and O–H groups in total. The molecule has 1 amide bonds. The van der Waals surface area contributed by atoms with Gasteiger partial charge in [-0.2, -0.15) is 0 Å². The van der Waals surface area contributed by atoms with Gasteiger partial charge in [-0.25, -0.2) is 4.79 Å². The second-order valence-electron chi connectivity index (χ2n) is 4.93. The summed E-state index contributed by atoms with van der Waals surface area (Å²) in [7, 11) is 0. The molecule has 1 unspecified atom stereocenters. The van der Waals surface area contributed by atoms with Crippen LogP contribution in [0.15, 0.2) is 4.36 Å². The maximum atomic E-state index is 11.0. The minimum absolute atomic E-state index is 0.0178. The minimum atomic E-state index is -0.612. The summed E-state index contributed by atoms with van der Waals surface area (Å²) < 4.78 is 8.32. The molecule has 0 heterocycles. The van der Waals surface area contributed by atoms with Gasteiger partial charge in [-0.3, -0.25) is 0 Å². The Morgan fingerprint density at radius 1 is 1.24 bits per heavy atom. The van der Waals surface area contributed by atoms with E-state index in [-0.39, 0.29) is 6.10 Å². The first-order valence-electron chi connectivity index (χ1n) is 6.64. The largest absolute Gasteiger partial charge is 0.445 e. The molecule has 1 atom stereocenters. The molecule has 0 saturated carbocycles. The number of unbranched alkanes of at least 4 members (excludes halogenated alkanes) is 4. The Labute approximate surface area is 110 Å². The van der Waals surface area contributed by atoms with E-state index in [2.05, 4.69) is 37.6 Å². The highest BCUT2D eigenvalue weighted by atomic mass is 32.1. The molecular formula is C13H25NO2S. The number of carbonyl (C=O) groups is 1. The second kappa shape index (κ2) is 10.6. The Kier molecular flexibility index (Phi) is 10.3. The van der Waals surface area contributed by atoms with Crippen molar-refractivity contribution in [2.75, 3.05) is 0 Å². The van der Waals surface area contributed by atoms with E-state index < -0.39 is 6.09 Å². The summed E-state index contributed by atoms with van der Waals surface area (Å²) in [5.74, 6) is 0.522. The van der Waals surface area contributed by atoms with Crippen LogP contribution in [0.25, 0.3) is 0 Å². The van der Waals surface area contributed by atoms with Crippen molar-refractivity contribution in [1.82, 2.24) is 0 Å². The summed E-state index contributed by atoms with van der Waals surface area (Å²) in [4.78, 5) is 11.0. The first kappa shape index (κ1) is 16.5. The lowest BCUT2D eigenvalue weighted by molar-refractivity contribution is 0.0871. The number of nitrogens with zero attached hydrogens (tertiary/aromatic N) is 1. The molecule has 0 aliphatic carbocycles. The van der Waals surface area contributed by atoms with Crippen LogP contribution in [0.4, 0.5) is 4.79 Å². The van der Waals surface area contributed by atoms with Gasteiger partial charge in [0, 0.05) is 12.4 Å². The molecule has 0 fully saturated rings. The molecular weight excluding hydrogens is 234 g/mol. The zero-order chi connectivity index (χ0) is 13.1. The average molecular weight is 259 g/mol. The lowest BCUT2D eigenvalue weighted by atomic mass is 10.0. The van der Waals surface area contributed by atoms with Crippen molar-refractivity contribution >= 4 is 18.5 Å². The normalized spacial score (nSPS) is 12.5. The van der Waals surface area contributed by atoms with E-state index in [1.165, 1.54) is 25.7 Å². The zero-order valence-corrected chi connectivity index (χ0v) is 12.1. The van der Waals surface area contributed by atoms with Crippen LogP contribution >= 0.6 is 0 Å². The van der Waals surface area contributed by atoms with Gasteiger partial charge in [-0.15, -0.1) is 4.36 Å². The molecule has 0 bridgehead atoms. The summed E-state index contributed by atoms with van der Waals surface area (Å²) in [5.41, 5.74) is 0. The molecule has 0 aromatic heterocycles. The van der Waals surface area contributed by atoms with Crippen molar-refractivity contribution in [2.24, 2.45) is 10.3 Å². The smallest absolute Gasteiger partial charge is 0.444 e. The minimum Gasteiger partial charge on any atom is -0.444 e. The van der Waals surface area contributed by atoms with E-state index in [4.69, 9.17) is 4.74 Å². The predicted octanol–water partition coefficient (Wildman–Crippen LogP) is 4.63. The van der Waals surface area contributed by atoms with Crippen molar-refractivity contribution in [1.29, 1.82) is 0 Å². The molecule has 0 aliphatic heterocycles. The van der Waals surface area contributed by atoms with Gasteiger partial charge in [0.2, 0.25) is 0 Å². The van der Waals surface area contributed by atoms with Gasteiger partial charge in [0.25, 0.3) is 0 Å². The molecule has 0 radical (unpaired) electrons. The maximum Gasteiger partial charge on any atom is 0.445 e. The van der Waals surface area contributed by atoms with E-state index in [0.29, 0.717) is 5.92 Å². The molecule has 0 aromatic carbocycles. The quantitative estimate of drug-likeness (QED) is 0.567. The van der Waals surface area contributed by atoms with Crippen LogP contribution in [0.3, 0.4) is 0 Å². The Bertz CT molecular complexity index is 219. The van der Waals surface area contributed by atoms with Crippen molar-refractivity contribution < 1.29 is 9.53 Å². The van der Waals surface area contributed by atoms with E-state index in [0.717, 1.165) is 19.3 Å². The van der Waals surface area contributed by atoms with Gasteiger partial charge in [-0.05, 0) is 25.2 Å². The molecule has 0 saturated heterocycles.